The van der Waals surface area contributed by atoms with Crippen LogP contribution in [0.1, 0.15) is 44.6 Å². The number of amidine groups is 1. The number of anilines is 1. The molecular weight excluding hydrogens is 320 g/mol. The van der Waals surface area contributed by atoms with Gasteiger partial charge in [0.1, 0.15) is 5.84 Å². The van der Waals surface area contributed by atoms with E-state index in [1.165, 1.54) is 0 Å². The molecule has 0 aliphatic heterocycles. The predicted octanol–water partition coefficient (Wildman–Crippen LogP) is 2.01. The zero-order valence-electron chi connectivity index (χ0n) is 14.8. The maximum absolute atomic E-state index is 11.8. The summed E-state index contributed by atoms with van der Waals surface area (Å²) >= 11 is 0. The van der Waals surface area contributed by atoms with Gasteiger partial charge in [0.25, 0.3) is 0 Å². The van der Waals surface area contributed by atoms with Crippen LogP contribution in [0.5, 0.6) is 0 Å². The molecule has 0 unspecified atom stereocenters. The van der Waals surface area contributed by atoms with Crippen LogP contribution in [0.25, 0.3) is 0 Å². The van der Waals surface area contributed by atoms with Crippen molar-refractivity contribution in [2.75, 3.05) is 25.0 Å². The van der Waals surface area contributed by atoms with E-state index < -0.39 is 0 Å². The molecule has 1 aromatic carbocycles. The number of carbonyl (C=O) groups excluding carboxylic acids is 2. The minimum absolute atomic E-state index is 0.0200. The van der Waals surface area contributed by atoms with Crippen LogP contribution in [0.15, 0.2) is 24.3 Å². The van der Waals surface area contributed by atoms with E-state index in [9.17, 15) is 9.59 Å². The normalized spacial score (nSPS) is 10.1. The number of nitrogens with two attached hydrogens (primary N) is 1. The van der Waals surface area contributed by atoms with E-state index in [-0.39, 0.29) is 24.3 Å². The number of unbranched alkanes of at least 4 members (excludes halogenated alkanes) is 3. The minimum atomic E-state index is -0.141. The second kappa shape index (κ2) is 11.9. The highest BCUT2D eigenvalue weighted by Crippen LogP contribution is 2.08. The van der Waals surface area contributed by atoms with Gasteiger partial charge in [0.2, 0.25) is 5.91 Å². The van der Waals surface area contributed by atoms with Gasteiger partial charge in [0.05, 0.1) is 13.2 Å². The fourth-order valence-corrected chi connectivity index (χ4v) is 2.22. The smallest absolute Gasteiger partial charge is 0.305 e. The maximum atomic E-state index is 11.8. The SMILES string of the molecule is CCOC(=O)CCCCCCNC(=O)CNc1ccc(C(=N)N)cc1. The van der Waals surface area contributed by atoms with Gasteiger partial charge in [-0.1, -0.05) is 12.8 Å². The Hall–Kier alpha value is -2.57. The molecule has 1 amide bonds. The fraction of sp³-hybridized carbons (Fsp3) is 0.500. The highest BCUT2D eigenvalue weighted by atomic mass is 16.5. The summed E-state index contributed by atoms with van der Waals surface area (Å²) in [5.41, 5.74) is 6.84. The van der Waals surface area contributed by atoms with Gasteiger partial charge < -0.3 is 21.1 Å². The molecule has 7 heteroatoms. The number of nitrogens with one attached hydrogen (secondary N) is 3. The lowest BCUT2D eigenvalue weighted by Gasteiger charge is -2.08. The molecule has 0 heterocycles. The lowest BCUT2D eigenvalue weighted by molar-refractivity contribution is -0.143. The number of amides is 1. The third-order valence-electron chi connectivity index (χ3n) is 3.58. The topological polar surface area (TPSA) is 117 Å². The Morgan fingerprint density at radius 1 is 1.12 bits per heavy atom. The van der Waals surface area contributed by atoms with E-state index in [1.807, 2.05) is 0 Å². The van der Waals surface area contributed by atoms with Crippen molar-refractivity contribution in [1.29, 1.82) is 5.41 Å². The van der Waals surface area contributed by atoms with E-state index in [2.05, 4.69) is 10.6 Å². The molecule has 0 aliphatic rings. The van der Waals surface area contributed by atoms with Crippen molar-refractivity contribution in [3.05, 3.63) is 29.8 Å². The quantitative estimate of drug-likeness (QED) is 0.199. The van der Waals surface area contributed by atoms with E-state index in [4.69, 9.17) is 15.9 Å². The number of esters is 1. The third kappa shape index (κ3) is 9.34. The van der Waals surface area contributed by atoms with Crippen molar-refractivity contribution in [2.24, 2.45) is 5.73 Å². The summed E-state index contributed by atoms with van der Waals surface area (Å²) in [5, 5.41) is 13.2. The Balaban J connectivity index is 2.05. The van der Waals surface area contributed by atoms with Gasteiger partial charge in [-0.3, -0.25) is 15.0 Å². The molecule has 0 radical (unpaired) electrons. The van der Waals surface area contributed by atoms with Crippen LogP contribution in [0.4, 0.5) is 5.69 Å². The molecule has 1 aromatic rings. The number of hydrogen-bond donors (Lipinski definition) is 4. The Morgan fingerprint density at radius 2 is 1.80 bits per heavy atom. The van der Waals surface area contributed by atoms with Gasteiger partial charge in [-0.05, 0) is 44.0 Å². The molecule has 0 saturated heterocycles. The first-order valence-electron chi connectivity index (χ1n) is 8.63. The number of ether oxygens (including phenoxy) is 1. The molecule has 1 rings (SSSR count). The largest absolute Gasteiger partial charge is 0.466 e. The second-order valence-electron chi connectivity index (χ2n) is 5.66. The average Bonchev–Trinajstić information content (AvgIpc) is 2.59. The molecule has 0 spiro atoms. The lowest BCUT2D eigenvalue weighted by Crippen LogP contribution is -2.30. The van der Waals surface area contributed by atoms with Crippen molar-refractivity contribution in [3.8, 4) is 0 Å². The van der Waals surface area contributed by atoms with Gasteiger partial charge in [0.15, 0.2) is 0 Å². The first-order chi connectivity index (χ1) is 12.0. The average molecular weight is 348 g/mol. The van der Waals surface area contributed by atoms with Crippen LogP contribution in [-0.4, -0.2) is 37.4 Å². The van der Waals surface area contributed by atoms with Gasteiger partial charge in [0, 0.05) is 24.2 Å². The summed E-state index contributed by atoms with van der Waals surface area (Å²) in [7, 11) is 0. The van der Waals surface area contributed by atoms with Gasteiger partial charge in [-0.15, -0.1) is 0 Å². The zero-order valence-corrected chi connectivity index (χ0v) is 14.8. The molecule has 5 N–H and O–H groups in total. The summed E-state index contributed by atoms with van der Waals surface area (Å²) < 4.78 is 4.86. The molecule has 7 nitrogen and oxygen atoms in total. The molecule has 0 saturated carbocycles. The number of nitrogen functional groups attached to an aromatic ring is 1. The van der Waals surface area contributed by atoms with Crippen LogP contribution >= 0.6 is 0 Å². The number of benzene rings is 1. The second-order valence-corrected chi connectivity index (χ2v) is 5.66. The molecule has 138 valence electrons. The van der Waals surface area contributed by atoms with E-state index in [0.717, 1.165) is 31.4 Å². The Kier molecular flexibility index (Phi) is 9.74. The van der Waals surface area contributed by atoms with Crippen molar-refractivity contribution >= 4 is 23.4 Å². The van der Waals surface area contributed by atoms with Crippen LogP contribution < -0.4 is 16.4 Å². The highest BCUT2D eigenvalue weighted by molar-refractivity contribution is 5.95. The summed E-state index contributed by atoms with van der Waals surface area (Å²) in [6.45, 7) is 3.06. The molecule has 0 aliphatic carbocycles. The third-order valence-corrected chi connectivity index (χ3v) is 3.58. The van der Waals surface area contributed by atoms with Gasteiger partial charge >= 0.3 is 5.97 Å². The Labute approximate surface area is 148 Å². The van der Waals surface area contributed by atoms with E-state index in [1.54, 1.807) is 31.2 Å². The summed E-state index contributed by atoms with van der Waals surface area (Å²) in [6, 6.07) is 7.04. The molecule has 25 heavy (non-hydrogen) atoms. The summed E-state index contributed by atoms with van der Waals surface area (Å²) in [4.78, 5) is 22.9. The van der Waals surface area contributed by atoms with Gasteiger partial charge in [-0.25, -0.2) is 0 Å². The first kappa shape index (κ1) is 20.5. The first-order valence-corrected chi connectivity index (χ1v) is 8.63. The van der Waals surface area contributed by atoms with Crippen molar-refractivity contribution < 1.29 is 14.3 Å². The molecule has 0 atom stereocenters. The van der Waals surface area contributed by atoms with Crippen molar-refractivity contribution in [1.82, 2.24) is 5.32 Å². The van der Waals surface area contributed by atoms with E-state index >= 15 is 0 Å². The monoisotopic (exact) mass is 348 g/mol. The van der Waals surface area contributed by atoms with Crippen LogP contribution in [-0.2, 0) is 14.3 Å². The maximum Gasteiger partial charge on any atom is 0.305 e. The van der Waals surface area contributed by atoms with Crippen LogP contribution in [0.2, 0.25) is 0 Å². The van der Waals surface area contributed by atoms with Gasteiger partial charge in [-0.2, -0.15) is 0 Å². The van der Waals surface area contributed by atoms with Crippen LogP contribution in [0.3, 0.4) is 0 Å². The number of rotatable bonds is 12. The number of carbonyl (C=O) groups is 2. The molecule has 0 fully saturated rings. The molecular formula is C18H28N4O3. The minimum Gasteiger partial charge on any atom is -0.466 e. The summed E-state index contributed by atoms with van der Waals surface area (Å²) in [6.07, 6.45) is 4.11. The van der Waals surface area contributed by atoms with E-state index in [0.29, 0.717) is 25.1 Å². The molecule has 0 aromatic heterocycles. The zero-order chi connectivity index (χ0) is 18.5. The number of hydrogen-bond acceptors (Lipinski definition) is 5. The highest BCUT2D eigenvalue weighted by Gasteiger charge is 2.03. The predicted molar refractivity (Wildman–Crippen MR) is 98.7 cm³/mol. The van der Waals surface area contributed by atoms with Crippen molar-refractivity contribution in [2.45, 2.75) is 39.0 Å². The van der Waals surface area contributed by atoms with Crippen molar-refractivity contribution in [3.63, 3.8) is 0 Å². The Morgan fingerprint density at radius 3 is 2.44 bits per heavy atom. The Bertz CT molecular complexity index is 558. The summed E-state index contributed by atoms with van der Waals surface area (Å²) in [5.74, 6) is -0.188. The van der Waals surface area contributed by atoms with Crippen LogP contribution in [0, 0.1) is 5.41 Å². The molecule has 0 bridgehead atoms. The standard InChI is InChI=1S/C18H28N4O3/c1-2-25-17(24)7-5-3-4-6-12-21-16(23)13-22-15-10-8-14(9-11-15)18(19)20/h8-11,22H,2-7,12-13H2,1H3,(H3,19,20)(H,21,23). The lowest BCUT2D eigenvalue weighted by atomic mass is 10.1. The fourth-order valence-electron chi connectivity index (χ4n) is 2.22.